The SMILES string of the molecule is [O-][n+]1c(-c2cc3cc(Cl)ccc3n2-c2ccccn2)ccc2ccccc21. The molecule has 0 aliphatic heterocycles. The Bertz CT molecular complexity index is 1300. The van der Waals surface area contributed by atoms with Gasteiger partial charge in [0.15, 0.2) is 0 Å². The topological polar surface area (TPSA) is 44.8 Å². The van der Waals surface area contributed by atoms with Crippen LogP contribution in [0.1, 0.15) is 0 Å². The Labute approximate surface area is 160 Å². The molecule has 5 heteroatoms. The van der Waals surface area contributed by atoms with Crippen LogP contribution in [0.3, 0.4) is 0 Å². The van der Waals surface area contributed by atoms with Gasteiger partial charge in [-0.15, -0.1) is 0 Å². The smallest absolute Gasteiger partial charge is 0.241 e. The molecular weight excluding hydrogens is 358 g/mol. The molecule has 0 unspecified atom stereocenters. The molecule has 5 rings (SSSR count). The van der Waals surface area contributed by atoms with Crippen LogP contribution in [0.2, 0.25) is 5.02 Å². The highest BCUT2D eigenvalue weighted by molar-refractivity contribution is 6.31. The molecule has 5 aromatic rings. The van der Waals surface area contributed by atoms with Gasteiger partial charge in [-0.25, -0.2) is 4.98 Å². The Morgan fingerprint density at radius 3 is 2.56 bits per heavy atom. The van der Waals surface area contributed by atoms with E-state index in [1.54, 1.807) is 6.20 Å². The van der Waals surface area contributed by atoms with Gasteiger partial charge in [-0.3, -0.25) is 4.57 Å². The van der Waals surface area contributed by atoms with E-state index < -0.39 is 0 Å². The molecule has 0 N–H and O–H groups in total. The number of rotatable bonds is 2. The maximum absolute atomic E-state index is 13.1. The summed E-state index contributed by atoms with van der Waals surface area (Å²) in [5.41, 5.74) is 2.91. The predicted octanol–water partition coefficient (Wildman–Crippen LogP) is 5.13. The van der Waals surface area contributed by atoms with E-state index in [1.807, 2.05) is 83.4 Å². The summed E-state index contributed by atoms with van der Waals surface area (Å²) < 4.78 is 2.97. The minimum atomic E-state index is 0.562. The lowest BCUT2D eigenvalue weighted by Gasteiger charge is -2.11. The van der Waals surface area contributed by atoms with Crippen molar-refractivity contribution >= 4 is 33.4 Å². The third kappa shape index (κ3) is 2.54. The lowest BCUT2D eigenvalue weighted by molar-refractivity contribution is -0.565. The van der Waals surface area contributed by atoms with Crippen molar-refractivity contribution in [3.8, 4) is 17.2 Å². The van der Waals surface area contributed by atoms with Gasteiger partial charge in [-0.2, -0.15) is 4.73 Å². The molecule has 27 heavy (non-hydrogen) atoms. The summed E-state index contributed by atoms with van der Waals surface area (Å²) in [4.78, 5) is 4.49. The second kappa shape index (κ2) is 6.11. The van der Waals surface area contributed by atoms with Crippen LogP contribution in [0.4, 0.5) is 0 Å². The van der Waals surface area contributed by atoms with Crippen LogP contribution in [0, 0.1) is 5.21 Å². The van der Waals surface area contributed by atoms with Crippen LogP contribution in [0.15, 0.2) is 85.1 Å². The summed E-state index contributed by atoms with van der Waals surface area (Å²) in [6.07, 6.45) is 1.74. The van der Waals surface area contributed by atoms with E-state index >= 15 is 0 Å². The van der Waals surface area contributed by atoms with Crippen LogP contribution >= 0.6 is 11.6 Å². The number of aromatic nitrogens is 3. The van der Waals surface area contributed by atoms with Crippen molar-refractivity contribution in [2.24, 2.45) is 0 Å². The van der Waals surface area contributed by atoms with Crippen molar-refractivity contribution in [3.63, 3.8) is 0 Å². The summed E-state index contributed by atoms with van der Waals surface area (Å²) in [5, 5.41) is 15.6. The van der Waals surface area contributed by atoms with Crippen molar-refractivity contribution in [1.82, 2.24) is 9.55 Å². The summed E-state index contributed by atoms with van der Waals surface area (Å²) in [6, 6.07) is 24.8. The molecule has 2 aromatic carbocycles. The van der Waals surface area contributed by atoms with E-state index in [4.69, 9.17) is 11.6 Å². The number of pyridine rings is 2. The monoisotopic (exact) mass is 371 g/mol. The average molecular weight is 372 g/mol. The molecule has 130 valence electrons. The molecule has 0 aliphatic rings. The molecule has 0 aliphatic carbocycles. The van der Waals surface area contributed by atoms with E-state index in [0.29, 0.717) is 16.2 Å². The Hall–Kier alpha value is -3.37. The van der Waals surface area contributed by atoms with Crippen molar-refractivity contribution in [3.05, 3.63) is 95.3 Å². The van der Waals surface area contributed by atoms with Gasteiger partial charge in [0.25, 0.3) is 0 Å². The molecule has 0 atom stereocenters. The second-order valence-corrected chi connectivity index (χ2v) is 6.76. The second-order valence-electron chi connectivity index (χ2n) is 6.33. The molecule has 0 radical (unpaired) electrons. The first kappa shape index (κ1) is 15.9. The molecular formula is C22H14ClN3O. The van der Waals surface area contributed by atoms with Crippen molar-refractivity contribution in [2.45, 2.75) is 0 Å². The van der Waals surface area contributed by atoms with Crippen LogP contribution in [-0.2, 0) is 0 Å². The van der Waals surface area contributed by atoms with Gasteiger partial charge in [0, 0.05) is 34.1 Å². The van der Waals surface area contributed by atoms with E-state index in [2.05, 4.69) is 4.98 Å². The summed E-state index contributed by atoms with van der Waals surface area (Å²) in [6.45, 7) is 0. The molecule has 0 amide bonds. The molecule has 0 saturated carbocycles. The zero-order valence-corrected chi connectivity index (χ0v) is 15.0. The van der Waals surface area contributed by atoms with Gasteiger partial charge >= 0.3 is 0 Å². The largest absolute Gasteiger partial charge is 0.618 e. The van der Waals surface area contributed by atoms with Gasteiger partial charge in [0.05, 0.1) is 5.52 Å². The van der Waals surface area contributed by atoms with Gasteiger partial charge in [-0.1, -0.05) is 29.8 Å². The minimum absolute atomic E-state index is 0.562. The molecule has 0 saturated heterocycles. The van der Waals surface area contributed by atoms with Crippen molar-refractivity contribution in [1.29, 1.82) is 0 Å². The number of nitrogens with zero attached hydrogens (tertiary/aromatic N) is 3. The van der Waals surface area contributed by atoms with E-state index in [9.17, 15) is 5.21 Å². The normalized spacial score (nSPS) is 11.3. The number of halogens is 1. The van der Waals surface area contributed by atoms with Gasteiger partial charge in [0.1, 0.15) is 11.5 Å². The van der Waals surface area contributed by atoms with E-state index in [0.717, 1.165) is 32.5 Å². The number of para-hydroxylation sites is 1. The molecule has 0 fully saturated rings. The summed E-state index contributed by atoms with van der Waals surface area (Å²) >= 11 is 6.19. The van der Waals surface area contributed by atoms with Gasteiger partial charge in [-0.05, 0) is 48.5 Å². The van der Waals surface area contributed by atoms with Crippen LogP contribution in [0.25, 0.3) is 39.0 Å². The minimum Gasteiger partial charge on any atom is -0.618 e. The first-order valence-electron chi connectivity index (χ1n) is 8.56. The number of hydrogen-bond donors (Lipinski definition) is 0. The first-order valence-corrected chi connectivity index (χ1v) is 8.94. The first-order chi connectivity index (χ1) is 13.2. The highest BCUT2D eigenvalue weighted by Gasteiger charge is 2.20. The van der Waals surface area contributed by atoms with Crippen LogP contribution < -0.4 is 4.73 Å². The van der Waals surface area contributed by atoms with Crippen molar-refractivity contribution in [2.75, 3.05) is 0 Å². The fourth-order valence-electron chi connectivity index (χ4n) is 3.48. The highest BCUT2D eigenvalue weighted by atomic mass is 35.5. The van der Waals surface area contributed by atoms with Crippen LogP contribution in [-0.4, -0.2) is 9.55 Å². The third-order valence-electron chi connectivity index (χ3n) is 4.70. The Morgan fingerprint density at radius 2 is 1.70 bits per heavy atom. The lowest BCUT2D eigenvalue weighted by Crippen LogP contribution is -2.30. The average Bonchev–Trinajstić information content (AvgIpc) is 3.07. The van der Waals surface area contributed by atoms with E-state index in [-0.39, 0.29) is 0 Å². The molecule has 0 bridgehead atoms. The maximum atomic E-state index is 13.1. The van der Waals surface area contributed by atoms with Gasteiger partial charge in [0.2, 0.25) is 11.2 Å². The molecule has 3 heterocycles. The Morgan fingerprint density at radius 1 is 0.852 bits per heavy atom. The van der Waals surface area contributed by atoms with Crippen LogP contribution in [0.5, 0.6) is 0 Å². The fourth-order valence-corrected chi connectivity index (χ4v) is 3.66. The predicted molar refractivity (Wildman–Crippen MR) is 108 cm³/mol. The number of fused-ring (bicyclic) bond motifs is 2. The molecule has 3 aromatic heterocycles. The number of hydrogen-bond acceptors (Lipinski definition) is 2. The standard InChI is InChI=1S/C22H14ClN3O/c23-17-9-11-18-16(13-17)14-21(25(18)22-7-3-4-12-24-22)20-10-8-15-5-1-2-6-19(15)26(20)27/h1-14H. The molecule has 4 nitrogen and oxygen atoms in total. The zero-order chi connectivity index (χ0) is 18.4. The Kier molecular flexibility index (Phi) is 3.59. The maximum Gasteiger partial charge on any atom is 0.241 e. The van der Waals surface area contributed by atoms with Gasteiger partial charge < -0.3 is 5.21 Å². The quantitative estimate of drug-likeness (QED) is 0.319. The number of benzene rings is 2. The fraction of sp³-hybridized carbons (Fsp3) is 0. The van der Waals surface area contributed by atoms with Crippen molar-refractivity contribution < 1.29 is 4.73 Å². The highest BCUT2D eigenvalue weighted by Crippen LogP contribution is 2.31. The third-order valence-corrected chi connectivity index (χ3v) is 4.93. The lowest BCUT2D eigenvalue weighted by atomic mass is 10.1. The zero-order valence-electron chi connectivity index (χ0n) is 14.2. The summed E-state index contributed by atoms with van der Waals surface area (Å²) in [5.74, 6) is 0.748. The molecule has 0 spiro atoms. The summed E-state index contributed by atoms with van der Waals surface area (Å²) in [7, 11) is 0. The Balaban J connectivity index is 1.87. The van der Waals surface area contributed by atoms with E-state index in [1.165, 1.54) is 0 Å².